The highest BCUT2D eigenvalue weighted by Gasteiger charge is 2.30. The quantitative estimate of drug-likeness (QED) is 0.167. The maximum Gasteiger partial charge on any atom is 0.308 e. The van der Waals surface area contributed by atoms with Crippen molar-refractivity contribution in [3.63, 3.8) is 0 Å². The van der Waals surface area contributed by atoms with Gasteiger partial charge in [-0.15, -0.1) is 11.3 Å². The van der Waals surface area contributed by atoms with Gasteiger partial charge in [0.25, 0.3) is 10.0 Å². The minimum atomic E-state index is -4.80. The van der Waals surface area contributed by atoms with Crippen LogP contribution in [0.4, 0.5) is 18.9 Å². The van der Waals surface area contributed by atoms with Gasteiger partial charge in [0.1, 0.15) is 16.7 Å². The van der Waals surface area contributed by atoms with Crippen LogP contribution in [0.3, 0.4) is 0 Å². The third-order valence-electron chi connectivity index (χ3n) is 5.30. The fourth-order valence-electron chi connectivity index (χ4n) is 3.57. The van der Waals surface area contributed by atoms with Crippen LogP contribution < -0.4 is 4.72 Å². The van der Waals surface area contributed by atoms with Crippen LogP contribution in [0, 0.1) is 11.2 Å². The number of anilines is 1. The molecule has 0 unspecified atom stereocenters. The van der Waals surface area contributed by atoms with Gasteiger partial charge in [0.2, 0.25) is 5.28 Å². The first-order chi connectivity index (χ1) is 19.0. The molecule has 2 N–H and O–H groups in total. The van der Waals surface area contributed by atoms with Gasteiger partial charge in [0, 0.05) is 30.0 Å². The number of allylic oxidation sites excluding steroid dienone is 4. The van der Waals surface area contributed by atoms with Crippen molar-refractivity contribution >= 4 is 56.5 Å². The zero-order valence-electron chi connectivity index (χ0n) is 20.7. The highest BCUT2D eigenvalue weighted by molar-refractivity contribution is 7.96. The van der Waals surface area contributed by atoms with Gasteiger partial charge in [0.05, 0.1) is 28.6 Å². The maximum atomic E-state index is 15.8. The van der Waals surface area contributed by atoms with E-state index in [1.165, 1.54) is 30.6 Å². The molecule has 1 aliphatic carbocycles. The summed E-state index contributed by atoms with van der Waals surface area (Å²) < 4.78 is 76.9. The monoisotopic (exact) mass is 608 g/mol. The van der Waals surface area contributed by atoms with Crippen LogP contribution in [0.2, 0.25) is 5.28 Å². The second-order valence-electron chi connectivity index (χ2n) is 8.03. The number of sulfonamides is 1. The van der Waals surface area contributed by atoms with Crippen LogP contribution in [0.1, 0.15) is 24.8 Å². The topological polar surface area (TPSA) is 130 Å². The zero-order chi connectivity index (χ0) is 29.0. The molecule has 2 heterocycles. The first kappa shape index (κ1) is 29.1. The summed E-state index contributed by atoms with van der Waals surface area (Å²) in [5, 5.41) is 7.84. The standard InChI is InChI=1S/C25H20ClF3N6O3S2/c1-3-38-25(30)32-12-13(2)23-34-20(21(39-23)18-10-11-31-24(26)33-18)14-6-4-9-17(19(14)29)35-40(36,37)22-15(27)7-5-8-16(22)28/h4,6-7,9-12,30,35H,2-3,5,8H2,1H3. The van der Waals surface area contributed by atoms with Crippen molar-refractivity contribution < 1.29 is 26.3 Å². The molecule has 40 heavy (non-hydrogen) atoms. The molecule has 3 aromatic rings. The summed E-state index contributed by atoms with van der Waals surface area (Å²) in [6.45, 7) is 5.83. The molecule has 9 nitrogen and oxygen atoms in total. The summed E-state index contributed by atoms with van der Waals surface area (Å²) in [7, 11) is -4.80. The first-order valence-electron chi connectivity index (χ1n) is 11.5. The number of amidine groups is 1. The fraction of sp³-hybridized carbons (Fsp3) is 0.160. The highest BCUT2D eigenvalue weighted by Crippen LogP contribution is 2.41. The molecule has 4 rings (SSSR count). The number of benzene rings is 1. The second-order valence-corrected chi connectivity index (χ2v) is 11.0. The molecule has 0 saturated carbocycles. The van der Waals surface area contributed by atoms with Crippen molar-refractivity contribution in [2.24, 2.45) is 4.99 Å². The molecule has 0 saturated heterocycles. The van der Waals surface area contributed by atoms with Crippen LogP contribution in [0.15, 0.2) is 64.7 Å². The zero-order valence-corrected chi connectivity index (χ0v) is 23.1. The van der Waals surface area contributed by atoms with E-state index in [4.69, 9.17) is 21.7 Å². The van der Waals surface area contributed by atoms with Gasteiger partial charge >= 0.3 is 6.02 Å². The molecule has 0 bridgehead atoms. The van der Waals surface area contributed by atoms with Crippen LogP contribution in [-0.4, -0.2) is 42.2 Å². The van der Waals surface area contributed by atoms with Crippen molar-refractivity contribution in [1.29, 1.82) is 5.41 Å². The Kier molecular flexibility index (Phi) is 8.81. The number of hydrogen-bond acceptors (Lipinski definition) is 8. The predicted octanol–water partition coefficient (Wildman–Crippen LogP) is 6.68. The minimum Gasteiger partial charge on any atom is -0.464 e. The third-order valence-corrected chi connectivity index (χ3v) is 8.08. The van der Waals surface area contributed by atoms with E-state index in [0.717, 1.165) is 23.5 Å². The molecule has 0 radical (unpaired) electrons. The fourth-order valence-corrected chi connectivity index (χ4v) is 5.98. The first-order valence-corrected chi connectivity index (χ1v) is 14.2. The number of hydrogen-bond donors (Lipinski definition) is 2. The molecule has 15 heteroatoms. The number of ether oxygens (including phenoxy) is 1. The molecule has 0 amide bonds. The molecule has 0 aliphatic heterocycles. The van der Waals surface area contributed by atoms with Crippen LogP contribution >= 0.6 is 22.9 Å². The lowest BCUT2D eigenvalue weighted by Gasteiger charge is -2.15. The summed E-state index contributed by atoms with van der Waals surface area (Å²) in [5.74, 6) is -3.46. The number of thiazole rings is 1. The lowest BCUT2D eigenvalue weighted by Crippen LogP contribution is -2.19. The Morgan fingerprint density at radius 1 is 1.30 bits per heavy atom. The van der Waals surface area contributed by atoms with Gasteiger partial charge in [0.15, 0.2) is 10.7 Å². The molecular formula is C25H20ClF3N6O3S2. The Morgan fingerprint density at radius 2 is 2.08 bits per heavy atom. The smallest absolute Gasteiger partial charge is 0.308 e. The molecule has 2 aromatic heterocycles. The van der Waals surface area contributed by atoms with E-state index in [2.05, 4.69) is 26.5 Å². The number of nitrogens with zero attached hydrogens (tertiary/aromatic N) is 4. The summed E-state index contributed by atoms with van der Waals surface area (Å²) in [5.41, 5.74) is -0.0907. The van der Waals surface area contributed by atoms with E-state index in [1.807, 2.05) is 4.72 Å². The summed E-state index contributed by atoms with van der Waals surface area (Å²) in [4.78, 5) is 15.5. The Hall–Kier alpha value is -3.88. The van der Waals surface area contributed by atoms with Crippen molar-refractivity contribution in [3.05, 3.63) is 75.8 Å². The average molecular weight is 609 g/mol. The molecule has 1 aliphatic rings. The van der Waals surface area contributed by atoms with Crippen molar-refractivity contribution in [1.82, 2.24) is 15.0 Å². The predicted molar refractivity (Wildman–Crippen MR) is 150 cm³/mol. The van der Waals surface area contributed by atoms with Crippen LogP contribution in [-0.2, 0) is 14.8 Å². The van der Waals surface area contributed by atoms with Gasteiger partial charge in [-0.1, -0.05) is 12.6 Å². The molecule has 208 valence electrons. The Balaban J connectivity index is 1.79. The third kappa shape index (κ3) is 6.29. The molecule has 1 aromatic carbocycles. The largest absolute Gasteiger partial charge is 0.464 e. The van der Waals surface area contributed by atoms with Crippen molar-refractivity contribution in [3.8, 4) is 21.8 Å². The van der Waals surface area contributed by atoms with Crippen LogP contribution in [0.25, 0.3) is 27.4 Å². The number of aliphatic imine (C=N–C) groups is 1. The molecule has 0 atom stereocenters. The lowest BCUT2D eigenvalue weighted by atomic mass is 10.1. The van der Waals surface area contributed by atoms with E-state index >= 15 is 4.39 Å². The van der Waals surface area contributed by atoms with E-state index in [0.29, 0.717) is 4.88 Å². The summed E-state index contributed by atoms with van der Waals surface area (Å²) >= 11 is 7.03. The van der Waals surface area contributed by atoms with Gasteiger partial charge in [-0.2, -0.15) is 0 Å². The number of aromatic nitrogens is 3. The Morgan fingerprint density at radius 3 is 2.77 bits per heavy atom. The van der Waals surface area contributed by atoms with Crippen LogP contribution in [0.5, 0.6) is 0 Å². The van der Waals surface area contributed by atoms with Gasteiger partial charge in [-0.3, -0.25) is 4.72 Å². The number of rotatable bonds is 8. The second kappa shape index (κ2) is 12.1. The average Bonchev–Trinajstić information content (AvgIpc) is 3.34. The minimum absolute atomic E-state index is 0.00525. The highest BCUT2D eigenvalue weighted by atomic mass is 35.5. The molecular weight excluding hydrogens is 589 g/mol. The van der Waals surface area contributed by atoms with Crippen molar-refractivity contribution in [2.75, 3.05) is 11.3 Å². The van der Waals surface area contributed by atoms with E-state index < -0.39 is 38.1 Å². The lowest BCUT2D eigenvalue weighted by molar-refractivity contribution is 0.319. The summed E-state index contributed by atoms with van der Waals surface area (Å²) in [6, 6.07) is 4.99. The SMILES string of the molecule is C=C(C=NC(=N)OCC)c1nc(-c2cccc(NS(=O)(=O)C3=C(F)CCC=C3F)c2F)c(-c2ccnc(Cl)n2)s1. The Bertz CT molecular complexity index is 1700. The molecule has 0 spiro atoms. The van der Waals surface area contributed by atoms with E-state index in [9.17, 15) is 17.2 Å². The van der Waals surface area contributed by atoms with Gasteiger partial charge < -0.3 is 4.74 Å². The number of nitrogens with one attached hydrogen (secondary N) is 2. The van der Waals surface area contributed by atoms with Gasteiger partial charge in [-0.05, 0) is 49.2 Å². The van der Waals surface area contributed by atoms with E-state index in [1.54, 1.807) is 6.92 Å². The Labute approximate surface area is 236 Å². The molecule has 0 fully saturated rings. The maximum absolute atomic E-state index is 15.8. The van der Waals surface area contributed by atoms with Crippen molar-refractivity contribution in [2.45, 2.75) is 19.8 Å². The normalized spacial score (nSPS) is 13.9. The number of halogens is 4. The van der Waals surface area contributed by atoms with E-state index in [-0.39, 0.29) is 58.3 Å². The van der Waals surface area contributed by atoms with Gasteiger partial charge in [-0.25, -0.2) is 46.9 Å². The summed E-state index contributed by atoms with van der Waals surface area (Å²) in [6.07, 6.45) is 3.31.